The minimum Gasteiger partial charge on any atom is -0.458 e. The van der Waals surface area contributed by atoms with Gasteiger partial charge in [0.2, 0.25) is 0 Å². The zero-order valence-electron chi connectivity index (χ0n) is 12.6. The van der Waals surface area contributed by atoms with Gasteiger partial charge >= 0.3 is 17.9 Å². The summed E-state index contributed by atoms with van der Waals surface area (Å²) in [5, 5.41) is 2.13. The number of nitroso groups, excluding NO2 is 1. The number of carbonyl (C=O) groups excluding carboxylic acids is 4. The van der Waals surface area contributed by atoms with E-state index in [-0.39, 0.29) is 25.2 Å². The van der Waals surface area contributed by atoms with Crippen molar-refractivity contribution in [2.45, 2.75) is 25.9 Å². The lowest BCUT2D eigenvalue weighted by Crippen LogP contribution is -2.30. The molecule has 0 saturated carbocycles. The highest BCUT2D eigenvalue weighted by atomic mass is 16.6. The first-order valence-electron chi connectivity index (χ1n) is 6.47. The zero-order chi connectivity index (χ0) is 17.8. The molecule has 0 fully saturated rings. The molecule has 0 saturated heterocycles. The SMILES string of the molecule is C=CC(=O)OCC(COC(=O)C(=C)C)OC(=O)CCC(=O)N=O. The van der Waals surface area contributed by atoms with Gasteiger partial charge in [0, 0.05) is 23.2 Å². The van der Waals surface area contributed by atoms with E-state index in [1.54, 1.807) is 0 Å². The Morgan fingerprint density at radius 3 is 2.26 bits per heavy atom. The molecule has 0 aromatic heterocycles. The second-order valence-electron chi connectivity index (χ2n) is 4.31. The van der Waals surface area contributed by atoms with Gasteiger partial charge in [-0.15, -0.1) is 4.91 Å². The van der Waals surface area contributed by atoms with E-state index < -0.39 is 36.3 Å². The van der Waals surface area contributed by atoms with Crippen molar-refractivity contribution in [1.82, 2.24) is 0 Å². The second kappa shape index (κ2) is 10.8. The maximum Gasteiger partial charge on any atom is 0.333 e. The molecule has 0 N–H and O–H groups in total. The predicted octanol–water partition coefficient (Wildman–Crippen LogP) is 0.820. The van der Waals surface area contributed by atoms with Crippen LogP contribution in [0.15, 0.2) is 30.0 Å². The van der Waals surface area contributed by atoms with E-state index in [1.807, 2.05) is 0 Å². The molecule has 1 atom stereocenters. The summed E-state index contributed by atoms with van der Waals surface area (Å²) in [6.45, 7) is 7.26. The molecule has 0 rings (SSSR count). The first-order chi connectivity index (χ1) is 10.8. The van der Waals surface area contributed by atoms with E-state index in [9.17, 15) is 24.1 Å². The Kier molecular flexibility index (Phi) is 9.49. The number of hydrogen-bond acceptors (Lipinski definition) is 8. The van der Waals surface area contributed by atoms with E-state index in [1.165, 1.54) is 6.92 Å². The Labute approximate surface area is 132 Å². The molecule has 126 valence electrons. The highest BCUT2D eigenvalue weighted by molar-refractivity contribution is 5.87. The molecule has 23 heavy (non-hydrogen) atoms. The Morgan fingerprint density at radius 1 is 1.13 bits per heavy atom. The van der Waals surface area contributed by atoms with E-state index >= 15 is 0 Å². The first kappa shape index (κ1) is 20.2. The van der Waals surface area contributed by atoms with Crippen LogP contribution in [-0.4, -0.2) is 43.1 Å². The maximum atomic E-state index is 11.5. The van der Waals surface area contributed by atoms with Crippen LogP contribution in [0.4, 0.5) is 0 Å². The molecule has 0 aromatic rings. The summed E-state index contributed by atoms with van der Waals surface area (Å²) < 4.78 is 14.4. The third-order valence-electron chi connectivity index (χ3n) is 2.27. The molecule has 0 aromatic carbocycles. The third kappa shape index (κ3) is 9.67. The van der Waals surface area contributed by atoms with Crippen LogP contribution in [0.2, 0.25) is 0 Å². The van der Waals surface area contributed by atoms with Gasteiger partial charge in [-0.3, -0.25) is 9.59 Å². The minimum absolute atomic E-state index is 0.140. The summed E-state index contributed by atoms with van der Waals surface area (Å²) in [6.07, 6.45) is -0.959. The normalized spacial score (nSPS) is 10.8. The van der Waals surface area contributed by atoms with Crippen molar-refractivity contribution in [1.29, 1.82) is 0 Å². The van der Waals surface area contributed by atoms with Crippen molar-refractivity contribution in [2.75, 3.05) is 13.2 Å². The topological polar surface area (TPSA) is 125 Å². The zero-order valence-corrected chi connectivity index (χ0v) is 12.6. The summed E-state index contributed by atoms with van der Waals surface area (Å²) >= 11 is 0. The number of hydrogen-bond donors (Lipinski definition) is 0. The molecule has 1 amide bonds. The Balaban J connectivity index is 4.53. The van der Waals surface area contributed by atoms with Gasteiger partial charge in [-0.2, -0.15) is 0 Å². The van der Waals surface area contributed by atoms with Crippen molar-refractivity contribution in [3.05, 3.63) is 29.7 Å². The molecular weight excluding hydrogens is 310 g/mol. The maximum absolute atomic E-state index is 11.5. The van der Waals surface area contributed by atoms with Gasteiger partial charge in [0.25, 0.3) is 5.91 Å². The van der Waals surface area contributed by atoms with Gasteiger partial charge < -0.3 is 14.2 Å². The smallest absolute Gasteiger partial charge is 0.333 e. The number of esters is 3. The average Bonchev–Trinajstić information content (AvgIpc) is 2.53. The summed E-state index contributed by atoms with van der Waals surface area (Å²) in [5.74, 6) is -3.29. The van der Waals surface area contributed by atoms with E-state index in [2.05, 4.69) is 18.3 Å². The van der Waals surface area contributed by atoms with Gasteiger partial charge in [-0.05, 0) is 6.92 Å². The quantitative estimate of drug-likeness (QED) is 0.250. The van der Waals surface area contributed by atoms with Crippen molar-refractivity contribution < 1.29 is 33.4 Å². The number of rotatable bonds is 10. The number of carbonyl (C=O) groups is 4. The third-order valence-corrected chi connectivity index (χ3v) is 2.27. The Bertz CT molecular complexity index is 511. The van der Waals surface area contributed by atoms with Gasteiger partial charge in [0.05, 0.1) is 6.42 Å². The highest BCUT2D eigenvalue weighted by Crippen LogP contribution is 2.04. The average molecular weight is 327 g/mol. The van der Waals surface area contributed by atoms with Gasteiger partial charge in [-0.25, -0.2) is 9.59 Å². The molecule has 9 heteroatoms. The second-order valence-corrected chi connectivity index (χ2v) is 4.31. The number of amides is 1. The molecule has 0 bridgehead atoms. The molecule has 0 aliphatic rings. The van der Waals surface area contributed by atoms with Crippen LogP contribution in [0, 0.1) is 4.91 Å². The molecule has 0 spiro atoms. The van der Waals surface area contributed by atoms with Gasteiger partial charge in [0.15, 0.2) is 6.10 Å². The molecule has 0 aliphatic carbocycles. The first-order valence-corrected chi connectivity index (χ1v) is 6.47. The molecule has 0 radical (unpaired) electrons. The lowest BCUT2D eigenvalue weighted by atomic mass is 10.3. The van der Waals surface area contributed by atoms with Crippen LogP contribution in [0.1, 0.15) is 19.8 Å². The van der Waals surface area contributed by atoms with Crippen molar-refractivity contribution in [3.63, 3.8) is 0 Å². The minimum atomic E-state index is -1.08. The molecule has 0 aliphatic heterocycles. The summed E-state index contributed by atoms with van der Waals surface area (Å²) in [4.78, 5) is 54.4. The fraction of sp³-hybridized carbons (Fsp3) is 0.429. The summed E-state index contributed by atoms with van der Waals surface area (Å²) in [6, 6.07) is 0. The molecule has 0 heterocycles. The Hall–Kier alpha value is -2.84. The molecule has 9 nitrogen and oxygen atoms in total. The Morgan fingerprint density at radius 2 is 1.74 bits per heavy atom. The van der Waals surface area contributed by atoms with E-state index in [0.717, 1.165) is 6.08 Å². The van der Waals surface area contributed by atoms with Crippen LogP contribution in [0.3, 0.4) is 0 Å². The molecule has 1 unspecified atom stereocenters. The lowest BCUT2D eigenvalue weighted by Gasteiger charge is -2.17. The standard InChI is InChI=1S/C14H17NO8/c1-4-12(17)21-7-10(8-22-14(19)9(2)3)23-13(18)6-5-11(16)15-20/h4,10H,1-2,5-8H2,3H3. The fourth-order valence-corrected chi connectivity index (χ4v) is 1.14. The van der Waals surface area contributed by atoms with Crippen LogP contribution in [0.5, 0.6) is 0 Å². The summed E-state index contributed by atoms with van der Waals surface area (Å²) in [7, 11) is 0. The van der Waals surface area contributed by atoms with Crippen LogP contribution < -0.4 is 0 Å². The fourth-order valence-electron chi connectivity index (χ4n) is 1.14. The largest absolute Gasteiger partial charge is 0.458 e. The number of nitrogens with zero attached hydrogens (tertiary/aromatic N) is 1. The van der Waals surface area contributed by atoms with Crippen LogP contribution in [-0.2, 0) is 33.4 Å². The van der Waals surface area contributed by atoms with Crippen molar-refractivity contribution in [3.8, 4) is 0 Å². The molecular formula is C14H17NO8. The lowest BCUT2D eigenvalue weighted by molar-refractivity contribution is -0.164. The highest BCUT2D eigenvalue weighted by Gasteiger charge is 2.19. The van der Waals surface area contributed by atoms with Gasteiger partial charge in [-0.1, -0.05) is 13.2 Å². The van der Waals surface area contributed by atoms with E-state index in [4.69, 9.17) is 14.2 Å². The van der Waals surface area contributed by atoms with Gasteiger partial charge in [0.1, 0.15) is 13.2 Å². The van der Waals surface area contributed by atoms with Crippen LogP contribution in [0.25, 0.3) is 0 Å². The monoisotopic (exact) mass is 327 g/mol. The summed E-state index contributed by atoms with van der Waals surface area (Å²) in [5.41, 5.74) is 0.140. The number of ether oxygens (including phenoxy) is 3. The van der Waals surface area contributed by atoms with E-state index in [0.29, 0.717) is 0 Å². The van der Waals surface area contributed by atoms with Crippen molar-refractivity contribution in [2.24, 2.45) is 5.18 Å². The van der Waals surface area contributed by atoms with Crippen LogP contribution >= 0.6 is 0 Å². The van der Waals surface area contributed by atoms with Crippen molar-refractivity contribution >= 4 is 23.8 Å². The predicted molar refractivity (Wildman–Crippen MR) is 76.8 cm³/mol.